The molecule has 0 radical (unpaired) electrons. The van der Waals surface area contributed by atoms with Crippen molar-refractivity contribution >= 4 is 3.21 Å². The largest absolute Gasteiger partial charge is 1.00 e. The minimum Gasteiger partial charge on any atom is -1.00 e. The molecule has 0 amide bonds. The van der Waals surface area contributed by atoms with Crippen molar-refractivity contribution in [3.63, 3.8) is 0 Å². The van der Waals surface area contributed by atoms with Crippen molar-refractivity contribution in [3.8, 4) is 11.1 Å². The Bertz CT molecular complexity index is 734. The molecule has 0 nitrogen and oxygen atoms in total. The van der Waals surface area contributed by atoms with Crippen molar-refractivity contribution in [2.45, 2.75) is 34.1 Å². The van der Waals surface area contributed by atoms with Crippen LogP contribution in [-0.4, -0.2) is 3.21 Å². The van der Waals surface area contributed by atoms with Crippen LogP contribution >= 0.6 is 0 Å². The van der Waals surface area contributed by atoms with Crippen molar-refractivity contribution in [2.24, 2.45) is 0 Å². The van der Waals surface area contributed by atoms with Gasteiger partial charge in [0.25, 0.3) is 0 Å². The number of halogens is 2. The molecule has 4 rings (SSSR count). The first-order valence-corrected chi connectivity index (χ1v) is 9.50. The van der Waals surface area contributed by atoms with E-state index in [1.54, 1.807) is 24.2 Å². The number of benzene rings is 2. The van der Waals surface area contributed by atoms with Crippen LogP contribution in [0.3, 0.4) is 0 Å². The zero-order valence-corrected chi connectivity index (χ0v) is 19.7. The van der Waals surface area contributed by atoms with Gasteiger partial charge in [0.05, 0.1) is 0 Å². The van der Waals surface area contributed by atoms with E-state index in [0.717, 1.165) is 6.42 Å². The monoisotopic (exact) mass is 460 g/mol. The minimum absolute atomic E-state index is 0. The summed E-state index contributed by atoms with van der Waals surface area (Å²) in [5.41, 5.74) is 8.21. The van der Waals surface area contributed by atoms with E-state index in [9.17, 15) is 0 Å². The zero-order valence-electron chi connectivity index (χ0n) is 15.7. The van der Waals surface area contributed by atoms with Gasteiger partial charge in [-0.25, -0.2) is 12.1 Å². The molecule has 3 aromatic rings. The SMILES string of the molecule is C[C](C)=[Zr+2].Cc1c[c-]c2c(c1)-c1cc(C)ccc1C2.[Cl-].[Cl-].c1cc[cH-]c1. The second kappa shape index (κ2) is 12.5. The Morgan fingerprint density at radius 1 is 0.962 bits per heavy atom. The molecule has 0 saturated heterocycles. The molecule has 3 aromatic carbocycles. The summed E-state index contributed by atoms with van der Waals surface area (Å²) < 4.78 is 1.51. The maximum absolute atomic E-state index is 3.38. The normalized spacial score (nSPS) is 9.77. The van der Waals surface area contributed by atoms with Crippen LogP contribution in [0, 0.1) is 19.9 Å². The Labute approximate surface area is 185 Å². The van der Waals surface area contributed by atoms with Crippen LogP contribution < -0.4 is 24.8 Å². The molecule has 0 bridgehead atoms. The van der Waals surface area contributed by atoms with E-state index in [0.29, 0.717) is 0 Å². The Balaban J connectivity index is 0.000000480. The van der Waals surface area contributed by atoms with Gasteiger partial charge in [0.15, 0.2) is 0 Å². The smallest absolute Gasteiger partial charge is 0.0253 e. The predicted octanol–water partition coefficient (Wildman–Crippen LogP) is -0.166. The molecule has 1 aliphatic rings. The van der Waals surface area contributed by atoms with Gasteiger partial charge in [0.2, 0.25) is 0 Å². The van der Waals surface area contributed by atoms with Crippen LogP contribution in [0.25, 0.3) is 11.1 Å². The van der Waals surface area contributed by atoms with Gasteiger partial charge < -0.3 is 24.8 Å². The third-order valence-corrected chi connectivity index (χ3v) is 3.65. The Hall–Kier alpha value is -0.877. The average Bonchev–Trinajstić information content (AvgIpc) is 3.18. The van der Waals surface area contributed by atoms with Crippen LogP contribution in [0.15, 0.2) is 60.7 Å². The molecule has 0 saturated carbocycles. The number of aryl methyl sites for hydroxylation is 2. The van der Waals surface area contributed by atoms with Crippen molar-refractivity contribution in [1.29, 1.82) is 0 Å². The molecule has 0 N–H and O–H groups in total. The van der Waals surface area contributed by atoms with E-state index in [1.807, 2.05) is 30.3 Å². The van der Waals surface area contributed by atoms with Gasteiger partial charge in [-0.1, -0.05) is 41.8 Å². The standard InChI is InChI=1S/C15H13.C5H5.C3H6.2ClH.Zr/c1-10-3-5-12-9-13-6-4-11(2)8-15(13)14(12)7-10;1-2-4-5-3-1;1-3-2;;;/h3-5,7-8H,9H2,1-2H3;1-5H;1-2H3;2*1H;/q2*-1;;;;+2/p-2. The zero-order chi connectivity index (χ0) is 17.5. The van der Waals surface area contributed by atoms with Crippen molar-refractivity contribution < 1.29 is 49.0 Å². The maximum atomic E-state index is 3.38. The predicted molar refractivity (Wildman–Crippen MR) is 101 cm³/mol. The van der Waals surface area contributed by atoms with Crippen LogP contribution in [0.1, 0.15) is 36.1 Å². The van der Waals surface area contributed by atoms with Crippen molar-refractivity contribution in [2.75, 3.05) is 0 Å². The molecule has 0 aliphatic heterocycles. The summed E-state index contributed by atoms with van der Waals surface area (Å²) in [6, 6.07) is 24.5. The molecule has 1 aliphatic carbocycles. The first kappa shape index (κ1) is 25.1. The number of hydrogen-bond acceptors (Lipinski definition) is 0. The fourth-order valence-corrected chi connectivity index (χ4v) is 2.63. The Morgan fingerprint density at radius 2 is 1.54 bits per heavy atom. The molecule has 0 heterocycles. The van der Waals surface area contributed by atoms with Gasteiger partial charge in [-0.3, -0.25) is 0 Å². The molecule has 0 atom stereocenters. The van der Waals surface area contributed by atoms with E-state index >= 15 is 0 Å². The number of hydrogen-bond donors (Lipinski definition) is 0. The molecular weight excluding hydrogens is 438 g/mol. The first-order valence-electron chi connectivity index (χ1n) is 8.27. The summed E-state index contributed by atoms with van der Waals surface area (Å²) in [6.07, 6.45) is 1.05. The van der Waals surface area contributed by atoms with Gasteiger partial charge in [-0.15, -0.1) is 5.56 Å². The van der Waals surface area contributed by atoms with Crippen molar-refractivity contribution in [1.82, 2.24) is 0 Å². The third kappa shape index (κ3) is 7.79. The third-order valence-electron chi connectivity index (χ3n) is 3.65. The summed E-state index contributed by atoms with van der Waals surface area (Å²) in [6.45, 7) is 8.53. The van der Waals surface area contributed by atoms with Crippen LogP contribution in [0.5, 0.6) is 0 Å². The van der Waals surface area contributed by atoms with Gasteiger partial charge >= 0.3 is 41.3 Å². The van der Waals surface area contributed by atoms with Crippen LogP contribution in [0.2, 0.25) is 0 Å². The van der Waals surface area contributed by atoms with E-state index in [1.165, 1.54) is 36.6 Å². The second-order valence-electron chi connectivity index (χ2n) is 6.37. The van der Waals surface area contributed by atoms with E-state index in [2.05, 4.69) is 64.1 Å². The summed E-state index contributed by atoms with van der Waals surface area (Å²) in [7, 11) is 0. The summed E-state index contributed by atoms with van der Waals surface area (Å²) >= 11 is 1.55. The molecule has 0 unspecified atom stereocenters. The Kier molecular flexibility index (Phi) is 12.1. The number of rotatable bonds is 0. The Morgan fingerprint density at radius 3 is 2.08 bits per heavy atom. The molecule has 26 heavy (non-hydrogen) atoms. The summed E-state index contributed by atoms with van der Waals surface area (Å²) in [4.78, 5) is 0. The summed E-state index contributed by atoms with van der Waals surface area (Å²) in [5.74, 6) is 0. The van der Waals surface area contributed by atoms with Crippen molar-refractivity contribution in [3.05, 3.63) is 89.0 Å². The van der Waals surface area contributed by atoms with Gasteiger partial charge in [0.1, 0.15) is 0 Å². The van der Waals surface area contributed by atoms with Gasteiger partial charge in [-0.2, -0.15) is 47.5 Å². The first-order chi connectivity index (χ1) is 11.5. The maximum Gasteiger partial charge on any atom is -0.0253 e. The molecule has 0 aromatic heterocycles. The second-order valence-corrected chi connectivity index (χ2v) is 8.83. The fraction of sp³-hybridized carbons (Fsp3) is 0.217. The molecule has 136 valence electrons. The summed E-state index contributed by atoms with van der Waals surface area (Å²) in [5, 5.41) is 0. The average molecular weight is 463 g/mol. The van der Waals surface area contributed by atoms with Gasteiger partial charge in [-0.05, 0) is 13.3 Å². The fourth-order valence-electron chi connectivity index (χ4n) is 2.63. The van der Waals surface area contributed by atoms with E-state index < -0.39 is 0 Å². The van der Waals surface area contributed by atoms with Crippen LogP contribution in [-0.2, 0) is 30.7 Å². The van der Waals surface area contributed by atoms with Crippen LogP contribution in [0.4, 0.5) is 0 Å². The molecule has 0 spiro atoms. The molecular formula is C23H24Cl2Zr-2. The quantitative estimate of drug-likeness (QED) is 0.319. The van der Waals surface area contributed by atoms with Gasteiger partial charge in [0, 0.05) is 0 Å². The topological polar surface area (TPSA) is 0 Å². The van der Waals surface area contributed by atoms with E-state index in [4.69, 9.17) is 0 Å². The minimum atomic E-state index is 0. The molecule has 3 heteroatoms. The molecule has 0 fully saturated rings. The van der Waals surface area contributed by atoms with E-state index in [-0.39, 0.29) is 24.8 Å². The number of fused-ring (bicyclic) bond motifs is 3.